The summed E-state index contributed by atoms with van der Waals surface area (Å²) in [7, 11) is 0. The molecule has 0 atom stereocenters. The molecule has 1 aliphatic heterocycles. The smallest absolute Gasteiger partial charge is 0.267 e. The Hall–Kier alpha value is -2.32. The van der Waals surface area contributed by atoms with Crippen LogP contribution in [-0.4, -0.2) is 38.7 Å². The lowest BCUT2D eigenvalue weighted by atomic mass is 9.94. The number of thioether (sulfide) groups is 1. The number of carbonyl (C=O) groups excluding carboxylic acids is 1. The summed E-state index contributed by atoms with van der Waals surface area (Å²) >= 11 is 2.85. The number of amides is 1. The van der Waals surface area contributed by atoms with Crippen LogP contribution in [0.3, 0.4) is 0 Å². The van der Waals surface area contributed by atoms with Gasteiger partial charge >= 0.3 is 0 Å². The molecule has 152 valence electrons. The predicted octanol–water partition coefficient (Wildman–Crippen LogP) is 5.18. The van der Waals surface area contributed by atoms with Gasteiger partial charge in [-0.3, -0.25) is 9.69 Å². The maximum atomic E-state index is 13.3. The van der Waals surface area contributed by atoms with Crippen molar-refractivity contribution in [2.24, 2.45) is 4.99 Å². The van der Waals surface area contributed by atoms with E-state index >= 15 is 0 Å². The first-order chi connectivity index (χ1) is 14.2. The molecule has 2 aliphatic rings. The number of phenolic OH excluding ortho intramolecular Hbond substituents is 1. The normalized spacial score (nSPS) is 20.7. The van der Waals surface area contributed by atoms with E-state index in [-0.39, 0.29) is 17.7 Å². The molecule has 0 unspecified atom stereocenters. The average molecular weight is 430 g/mol. The van der Waals surface area contributed by atoms with E-state index in [0.717, 1.165) is 31.2 Å². The number of aromatic hydroxyl groups is 1. The number of carbonyl (C=O) groups is 1. The minimum atomic E-state index is -0.0109. The Morgan fingerprint density at radius 3 is 2.90 bits per heavy atom. The molecule has 0 bridgehead atoms. The summed E-state index contributed by atoms with van der Waals surface area (Å²) < 4.78 is 5.46. The number of nitrogens with zero attached hydrogens (tertiary/aromatic N) is 3. The van der Waals surface area contributed by atoms with Crippen LogP contribution in [0.2, 0.25) is 0 Å². The van der Waals surface area contributed by atoms with Gasteiger partial charge in [-0.2, -0.15) is 4.99 Å². The second kappa shape index (κ2) is 9.00. The molecule has 2 heterocycles. The Kier molecular flexibility index (Phi) is 6.20. The lowest BCUT2D eigenvalue weighted by Crippen LogP contribution is -2.40. The number of amidine groups is 1. The van der Waals surface area contributed by atoms with E-state index in [9.17, 15) is 9.90 Å². The van der Waals surface area contributed by atoms with E-state index in [0.29, 0.717) is 27.6 Å². The van der Waals surface area contributed by atoms with E-state index < -0.39 is 0 Å². The molecular weight excluding hydrogens is 406 g/mol. The molecule has 1 aromatic heterocycles. The van der Waals surface area contributed by atoms with E-state index in [1.807, 2.05) is 23.3 Å². The third-order valence-electron chi connectivity index (χ3n) is 4.97. The van der Waals surface area contributed by atoms with Crippen molar-refractivity contribution in [3.63, 3.8) is 0 Å². The van der Waals surface area contributed by atoms with Gasteiger partial charge in [0.2, 0.25) is 5.13 Å². The van der Waals surface area contributed by atoms with E-state index in [4.69, 9.17) is 4.74 Å². The highest BCUT2D eigenvalue weighted by Crippen LogP contribution is 2.39. The monoisotopic (exact) mass is 429 g/mol. The van der Waals surface area contributed by atoms with Crippen LogP contribution >= 0.6 is 23.1 Å². The standard InChI is InChI=1S/C21H23N3O3S2/c1-2-27-17-12-14(8-9-16(17)25)13-18-19(26)24(15-6-4-3-5-7-15)21(29-18)23-20-22-10-11-28-20/h8-13,15,25H,2-7H2,1H3/b18-13-,23-21+. The summed E-state index contributed by atoms with van der Waals surface area (Å²) in [5.74, 6) is 0.496. The fourth-order valence-corrected chi connectivity index (χ4v) is 5.22. The number of hydrogen-bond acceptors (Lipinski definition) is 7. The molecule has 1 aromatic carbocycles. The Labute approximate surface area is 178 Å². The first-order valence-electron chi connectivity index (χ1n) is 9.83. The van der Waals surface area contributed by atoms with Crippen LogP contribution < -0.4 is 4.74 Å². The van der Waals surface area contributed by atoms with Crippen molar-refractivity contribution in [3.8, 4) is 11.5 Å². The van der Waals surface area contributed by atoms with Crippen molar-refractivity contribution < 1.29 is 14.6 Å². The first-order valence-corrected chi connectivity index (χ1v) is 11.5. The van der Waals surface area contributed by atoms with Crippen molar-refractivity contribution in [2.75, 3.05) is 6.61 Å². The highest BCUT2D eigenvalue weighted by molar-refractivity contribution is 8.18. The molecule has 8 heteroatoms. The fraction of sp³-hybridized carbons (Fsp3) is 0.381. The van der Waals surface area contributed by atoms with Crippen LogP contribution in [0.4, 0.5) is 5.13 Å². The Morgan fingerprint density at radius 1 is 1.34 bits per heavy atom. The van der Waals surface area contributed by atoms with Crippen molar-refractivity contribution in [1.29, 1.82) is 0 Å². The van der Waals surface area contributed by atoms with Gasteiger partial charge in [0, 0.05) is 17.6 Å². The van der Waals surface area contributed by atoms with Crippen molar-refractivity contribution in [2.45, 2.75) is 45.1 Å². The SMILES string of the molecule is CCOc1cc(/C=C2\S/C(=N/c3nccs3)N(C3CCCCC3)C2=O)ccc1O. The molecule has 0 radical (unpaired) electrons. The number of benzene rings is 1. The first kappa shape index (κ1) is 20.0. The van der Waals surface area contributed by atoms with Gasteiger partial charge in [0.05, 0.1) is 11.5 Å². The number of thiazole rings is 1. The van der Waals surface area contributed by atoms with Gasteiger partial charge in [-0.1, -0.05) is 25.3 Å². The number of rotatable bonds is 5. The Bertz CT molecular complexity index is 935. The zero-order valence-corrected chi connectivity index (χ0v) is 17.8. The highest BCUT2D eigenvalue weighted by atomic mass is 32.2. The Morgan fingerprint density at radius 2 is 2.17 bits per heavy atom. The van der Waals surface area contributed by atoms with Crippen molar-refractivity contribution >= 4 is 45.4 Å². The fourth-order valence-electron chi connectivity index (χ4n) is 3.62. The summed E-state index contributed by atoms with van der Waals surface area (Å²) in [6.45, 7) is 2.33. The molecule has 2 fully saturated rings. The van der Waals surface area contributed by atoms with E-state index in [2.05, 4.69) is 9.98 Å². The molecule has 1 amide bonds. The quantitative estimate of drug-likeness (QED) is 0.663. The van der Waals surface area contributed by atoms with Gasteiger partial charge in [0.1, 0.15) is 0 Å². The summed E-state index contributed by atoms with van der Waals surface area (Å²) in [6.07, 6.45) is 9.07. The maximum Gasteiger partial charge on any atom is 0.267 e. The van der Waals surface area contributed by atoms with Crippen LogP contribution in [0.5, 0.6) is 11.5 Å². The largest absolute Gasteiger partial charge is 0.504 e. The molecule has 6 nitrogen and oxygen atoms in total. The van der Waals surface area contributed by atoms with E-state index in [1.165, 1.54) is 29.5 Å². The van der Waals surface area contributed by atoms with Gasteiger partial charge in [-0.25, -0.2) is 4.98 Å². The number of hydrogen-bond donors (Lipinski definition) is 1. The molecule has 1 N–H and O–H groups in total. The van der Waals surface area contributed by atoms with Gasteiger partial charge in [0.15, 0.2) is 16.7 Å². The third-order valence-corrected chi connectivity index (χ3v) is 6.62. The Balaban J connectivity index is 1.67. The molecule has 0 spiro atoms. The van der Waals surface area contributed by atoms with Crippen LogP contribution in [-0.2, 0) is 4.79 Å². The number of ether oxygens (including phenoxy) is 1. The van der Waals surface area contributed by atoms with E-state index in [1.54, 1.807) is 24.4 Å². The second-order valence-electron chi connectivity index (χ2n) is 6.95. The lowest BCUT2D eigenvalue weighted by Gasteiger charge is -2.30. The van der Waals surface area contributed by atoms with Crippen molar-refractivity contribution in [3.05, 3.63) is 40.2 Å². The molecule has 4 rings (SSSR count). The lowest BCUT2D eigenvalue weighted by molar-refractivity contribution is -0.124. The van der Waals surface area contributed by atoms with Gasteiger partial charge < -0.3 is 9.84 Å². The van der Waals surface area contributed by atoms with Crippen LogP contribution in [0, 0.1) is 0 Å². The number of aliphatic imine (C=N–C) groups is 1. The molecule has 2 aromatic rings. The predicted molar refractivity (Wildman–Crippen MR) is 118 cm³/mol. The van der Waals surface area contributed by atoms with Crippen LogP contribution in [0.1, 0.15) is 44.6 Å². The highest BCUT2D eigenvalue weighted by Gasteiger charge is 2.38. The van der Waals surface area contributed by atoms with Crippen molar-refractivity contribution in [1.82, 2.24) is 9.88 Å². The molecule has 1 saturated carbocycles. The number of aromatic nitrogens is 1. The van der Waals surface area contributed by atoms with Gasteiger partial charge in [0.25, 0.3) is 5.91 Å². The van der Waals surface area contributed by atoms with Gasteiger partial charge in [-0.05, 0) is 55.3 Å². The summed E-state index contributed by atoms with van der Waals surface area (Å²) in [6, 6.07) is 5.30. The zero-order chi connectivity index (χ0) is 20.2. The summed E-state index contributed by atoms with van der Waals surface area (Å²) in [5, 5.41) is 13.2. The maximum absolute atomic E-state index is 13.3. The van der Waals surface area contributed by atoms with Crippen LogP contribution in [0.25, 0.3) is 6.08 Å². The topological polar surface area (TPSA) is 75.0 Å². The molecule has 1 saturated heterocycles. The van der Waals surface area contributed by atoms with Gasteiger partial charge in [-0.15, -0.1) is 11.3 Å². The summed E-state index contributed by atoms with van der Waals surface area (Å²) in [4.78, 5) is 24.7. The molecule has 29 heavy (non-hydrogen) atoms. The minimum absolute atomic E-state index is 0.0109. The minimum Gasteiger partial charge on any atom is -0.504 e. The third kappa shape index (κ3) is 4.48. The zero-order valence-electron chi connectivity index (χ0n) is 16.2. The van der Waals surface area contributed by atoms with Crippen LogP contribution in [0.15, 0.2) is 39.7 Å². The number of phenols is 1. The second-order valence-corrected chi connectivity index (χ2v) is 8.83. The average Bonchev–Trinajstić information content (AvgIpc) is 3.34. The molecular formula is C21H23N3O3S2. The summed E-state index contributed by atoms with van der Waals surface area (Å²) in [5.41, 5.74) is 0.807. The molecule has 1 aliphatic carbocycles.